The van der Waals surface area contributed by atoms with Crippen LogP contribution >= 0.6 is 0 Å². The lowest BCUT2D eigenvalue weighted by Gasteiger charge is -2.30. The maximum atomic E-state index is 5.69. The van der Waals surface area contributed by atoms with E-state index in [9.17, 15) is 0 Å². The van der Waals surface area contributed by atoms with Crippen molar-refractivity contribution in [2.24, 2.45) is 11.3 Å². The van der Waals surface area contributed by atoms with Crippen LogP contribution < -0.4 is 11.3 Å². The Morgan fingerprint density at radius 3 is 1.84 bits per heavy atom. The monoisotopic (exact) mass is 254 g/mol. The van der Waals surface area contributed by atoms with Gasteiger partial charge in [0.1, 0.15) is 0 Å². The van der Waals surface area contributed by atoms with Gasteiger partial charge in [0.2, 0.25) is 0 Å². The van der Waals surface area contributed by atoms with Gasteiger partial charge in [-0.15, -0.1) is 0 Å². The molecule has 0 heterocycles. The lowest BCUT2D eigenvalue weighted by atomic mass is 9.82. The van der Waals surface area contributed by atoms with Crippen molar-refractivity contribution in [1.82, 2.24) is 5.43 Å². The highest BCUT2D eigenvalue weighted by Gasteiger charge is 2.24. The maximum absolute atomic E-state index is 5.69. The predicted octanol–water partition coefficient (Wildman–Crippen LogP) is 3.90. The Morgan fingerprint density at radius 1 is 0.842 bits per heavy atom. The van der Waals surface area contributed by atoms with Crippen molar-refractivity contribution in [3.63, 3.8) is 0 Å². The van der Waals surface area contributed by atoms with Gasteiger partial charge >= 0.3 is 0 Å². The van der Waals surface area contributed by atoms with Gasteiger partial charge in [-0.1, -0.05) is 75.4 Å². The number of rotatable bonds is 3. The van der Waals surface area contributed by atoms with Crippen molar-refractivity contribution < 1.29 is 0 Å². The number of hydrazine groups is 1. The molecule has 0 saturated carbocycles. The molecule has 0 radical (unpaired) electrons. The second-order valence-corrected chi connectivity index (χ2v) is 5.95. The van der Waals surface area contributed by atoms with Crippen LogP contribution in [0.2, 0.25) is 0 Å². The first-order valence-electron chi connectivity index (χ1n) is 6.64. The van der Waals surface area contributed by atoms with Gasteiger partial charge < -0.3 is 0 Å². The number of hydrogen-bond donors (Lipinski definition) is 2. The Bertz CT molecular complexity index is 509. The van der Waals surface area contributed by atoms with E-state index in [0.29, 0.717) is 0 Å². The smallest absolute Gasteiger partial charge is 0.0508 e. The molecule has 2 aromatic rings. The highest BCUT2D eigenvalue weighted by Crippen LogP contribution is 2.32. The van der Waals surface area contributed by atoms with Crippen LogP contribution in [-0.2, 0) is 0 Å². The summed E-state index contributed by atoms with van der Waals surface area (Å²) < 4.78 is 0. The Labute approximate surface area is 115 Å². The van der Waals surface area contributed by atoms with Crippen molar-refractivity contribution in [3.8, 4) is 11.1 Å². The predicted molar refractivity (Wildman–Crippen MR) is 81.4 cm³/mol. The summed E-state index contributed by atoms with van der Waals surface area (Å²) in [5, 5.41) is 0. The van der Waals surface area contributed by atoms with Crippen LogP contribution in [0, 0.1) is 5.41 Å². The number of hydrogen-bond acceptors (Lipinski definition) is 2. The van der Waals surface area contributed by atoms with Gasteiger partial charge in [0, 0.05) is 0 Å². The van der Waals surface area contributed by atoms with Gasteiger partial charge in [0.05, 0.1) is 6.04 Å². The second-order valence-electron chi connectivity index (χ2n) is 5.95. The summed E-state index contributed by atoms with van der Waals surface area (Å²) in [6, 6.07) is 19.2. The van der Waals surface area contributed by atoms with Crippen LogP contribution in [0.1, 0.15) is 32.4 Å². The zero-order chi connectivity index (χ0) is 13.9. The molecule has 2 nitrogen and oxygen atoms in total. The zero-order valence-corrected chi connectivity index (χ0v) is 11.9. The Morgan fingerprint density at radius 2 is 1.37 bits per heavy atom. The first kappa shape index (κ1) is 13.8. The fraction of sp³-hybridized carbons (Fsp3) is 0.294. The molecule has 2 rings (SSSR count). The van der Waals surface area contributed by atoms with E-state index in [1.54, 1.807) is 0 Å². The number of nitrogens with two attached hydrogens (primary N) is 1. The zero-order valence-electron chi connectivity index (χ0n) is 11.9. The van der Waals surface area contributed by atoms with E-state index in [2.05, 4.69) is 74.7 Å². The first-order chi connectivity index (χ1) is 9.02. The lowest BCUT2D eigenvalue weighted by molar-refractivity contribution is 0.275. The summed E-state index contributed by atoms with van der Waals surface area (Å²) in [6.07, 6.45) is 0. The number of nitrogens with one attached hydrogen (secondary N) is 1. The van der Waals surface area contributed by atoms with Crippen molar-refractivity contribution >= 4 is 0 Å². The van der Waals surface area contributed by atoms with Crippen molar-refractivity contribution in [3.05, 3.63) is 60.2 Å². The average Bonchev–Trinajstić information content (AvgIpc) is 2.40. The molecule has 100 valence electrons. The molecule has 0 aliphatic rings. The third-order valence-corrected chi connectivity index (χ3v) is 3.38. The molecular formula is C17H22N2. The standard InChI is InChI=1S/C17H22N2/c1-17(2,3)16(19-18)15-11-9-14(10-12-15)13-7-5-4-6-8-13/h4-12,16,19H,18H2,1-3H3. The highest BCUT2D eigenvalue weighted by atomic mass is 15.2. The minimum absolute atomic E-state index is 0.0863. The van der Waals surface area contributed by atoms with Crippen molar-refractivity contribution in [2.75, 3.05) is 0 Å². The van der Waals surface area contributed by atoms with Crippen LogP contribution in [0.3, 0.4) is 0 Å². The Hall–Kier alpha value is -1.64. The fourth-order valence-corrected chi connectivity index (χ4v) is 2.34. The van der Waals surface area contributed by atoms with Gasteiger partial charge in [0.25, 0.3) is 0 Å². The number of benzene rings is 2. The van der Waals surface area contributed by atoms with Crippen LogP contribution in [-0.4, -0.2) is 0 Å². The van der Waals surface area contributed by atoms with Crippen molar-refractivity contribution in [2.45, 2.75) is 26.8 Å². The fourth-order valence-electron chi connectivity index (χ4n) is 2.34. The van der Waals surface area contributed by atoms with Crippen LogP contribution in [0.5, 0.6) is 0 Å². The average molecular weight is 254 g/mol. The molecule has 19 heavy (non-hydrogen) atoms. The molecule has 0 bridgehead atoms. The summed E-state index contributed by atoms with van der Waals surface area (Å²) in [6.45, 7) is 6.55. The molecule has 1 unspecified atom stereocenters. The summed E-state index contributed by atoms with van der Waals surface area (Å²) in [5.41, 5.74) is 6.69. The van der Waals surface area contributed by atoms with E-state index >= 15 is 0 Å². The molecule has 3 N–H and O–H groups in total. The minimum Gasteiger partial charge on any atom is -0.271 e. The minimum atomic E-state index is 0.0863. The van der Waals surface area contributed by atoms with Crippen LogP contribution in [0.25, 0.3) is 11.1 Å². The molecule has 0 amide bonds. The largest absolute Gasteiger partial charge is 0.271 e. The molecule has 0 aliphatic carbocycles. The van der Waals surface area contributed by atoms with E-state index in [1.807, 2.05) is 6.07 Å². The quantitative estimate of drug-likeness (QED) is 0.644. The molecular weight excluding hydrogens is 232 g/mol. The van der Waals surface area contributed by atoms with E-state index < -0.39 is 0 Å². The summed E-state index contributed by atoms with van der Waals surface area (Å²) in [5.74, 6) is 5.69. The lowest BCUT2D eigenvalue weighted by Crippen LogP contribution is -2.36. The third kappa shape index (κ3) is 3.22. The van der Waals surface area contributed by atoms with E-state index in [1.165, 1.54) is 16.7 Å². The Kier molecular flexibility index (Phi) is 4.03. The van der Waals surface area contributed by atoms with Crippen LogP contribution in [0.4, 0.5) is 0 Å². The third-order valence-electron chi connectivity index (χ3n) is 3.38. The van der Waals surface area contributed by atoms with Gasteiger partial charge in [-0.25, -0.2) is 0 Å². The van der Waals surface area contributed by atoms with Crippen LogP contribution in [0.15, 0.2) is 54.6 Å². The molecule has 0 aromatic heterocycles. The first-order valence-corrected chi connectivity index (χ1v) is 6.64. The molecule has 2 aromatic carbocycles. The Balaban J connectivity index is 2.28. The molecule has 0 saturated heterocycles. The van der Waals surface area contributed by atoms with E-state index in [4.69, 9.17) is 5.84 Å². The molecule has 0 aliphatic heterocycles. The molecule has 0 spiro atoms. The van der Waals surface area contributed by atoms with E-state index in [-0.39, 0.29) is 11.5 Å². The van der Waals surface area contributed by atoms with Gasteiger partial charge in [-0.2, -0.15) is 0 Å². The molecule has 0 fully saturated rings. The highest BCUT2D eigenvalue weighted by molar-refractivity contribution is 5.63. The normalized spacial score (nSPS) is 13.3. The molecule has 1 atom stereocenters. The summed E-state index contributed by atoms with van der Waals surface area (Å²) in [7, 11) is 0. The summed E-state index contributed by atoms with van der Waals surface area (Å²) >= 11 is 0. The van der Waals surface area contributed by atoms with E-state index in [0.717, 1.165) is 0 Å². The van der Waals surface area contributed by atoms with Gasteiger partial charge in [-0.3, -0.25) is 11.3 Å². The molecule has 2 heteroatoms. The van der Waals surface area contributed by atoms with Gasteiger partial charge in [-0.05, 0) is 22.1 Å². The topological polar surface area (TPSA) is 38.0 Å². The maximum Gasteiger partial charge on any atom is 0.0508 e. The van der Waals surface area contributed by atoms with Gasteiger partial charge in [0.15, 0.2) is 0 Å². The SMILES string of the molecule is CC(C)(C)C(NN)c1ccc(-c2ccccc2)cc1. The second kappa shape index (κ2) is 5.55. The van der Waals surface area contributed by atoms with Crippen molar-refractivity contribution in [1.29, 1.82) is 0 Å². The summed E-state index contributed by atoms with van der Waals surface area (Å²) in [4.78, 5) is 0.